The summed E-state index contributed by atoms with van der Waals surface area (Å²) in [6.07, 6.45) is 0.374. The number of carbonyl (C=O) groups is 1. The quantitative estimate of drug-likeness (QED) is 0.793. The molecule has 0 aromatic heterocycles. The van der Waals surface area contributed by atoms with E-state index in [1.807, 2.05) is 13.0 Å². The Morgan fingerprint density at radius 1 is 1.42 bits per heavy atom. The van der Waals surface area contributed by atoms with E-state index >= 15 is 0 Å². The summed E-state index contributed by atoms with van der Waals surface area (Å²) in [5.41, 5.74) is 2.28. The number of benzene rings is 1. The summed E-state index contributed by atoms with van der Waals surface area (Å²) in [5.74, 6) is 0.853. The smallest absolute Gasteiger partial charge is 0.223 e. The van der Waals surface area contributed by atoms with Crippen molar-refractivity contribution < 1.29 is 9.53 Å². The van der Waals surface area contributed by atoms with Gasteiger partial charge in [0.2, 0.25) is 5.91 Å². The summed E-state index contributed by atoms with van der Waals surface area (Å²) in [5, 5.41) is 5.96. The van der Waals surface area contributed by atoms with Crippen molar-refractivity contribution in [2.75, 3.05) is 20.2 Å². The van der Waals surface area contributed by atoms with Gasteiger partial charge in [-0.3, -0.25) is 4.79 Å². The Labute approximate surface area is 115 Å². The van der Waals surface area contributed by atoms with Crippen LogP contribution in [0.25, 0.3) is 0 Å². The highest BCUT2D eigenvalue weighted by atomic mass is 16.5. The van der Waals surface area contributed by atoms with Crippen LogP contribution in [0.4, 0.5) is 0 Å². The van der Waals surface area contributed by atoms with Gasteiger partial charge in [-0.1, -0.05) is 19.1 Å². The Morgan fingerprint density at radius 2 is 2.16 bits per heavy atom. The predicted octanol–water partition coefficient (Wildman–Crippen LogP) is 2.18. The van der Waals surface area contributed by atoms with Gasteiger partial charge in [0.1, 0.15) is 5.75 Å². The zero-order chi connectivity index (χ0) is 14.3. The van der Waals surface area contributed by atoms with Gasteiger partial charge in [-0.2, -0.15) is 0 Å². The normalized spacial score (nSPS) is 12.0. The molecule has 0 spiro atoms. The molecule has 0 saturated carbocycles. The average Bonchev–Trinajstić information content (AvgIpc) is 2.38. The van der Waals surface area contributed by atoms with Crippen molar-refractivity contribution in [1.29, 1.82) is 0 Å². The second-order valence-electron chi connectivity index (χ2n) is 4.59. The van der Waals surface area contributed by atoms with Gasteiger partial charge in [-0.25, -0.2) is 0 Å². The van der Waals surface area contributed by atoms with Gasteiger partial charge in [0.25, 0.3) is 0 Å². The summed E-state index contributed by atoms with van der Waals surface area (Å²) in [4.78, 5) is 11.2. The highest BCUT2D eigenvalue weighted by Gasteiger charge is 2.11. The first-order valence-corrected chi connectivity index (χ1v) is 6.75. The lowest BCUT2D eigenvalue weighted by Gasteiger charge is -2.18. The largest absolute Gasteiger partial charge is 0.493 e. The Kier molecular flexibility index (Phi) is 6.36. The van der Waals surface area contributed by atoms with Crippen LogP contribution in [0, 0.1) is 6.92 Å². The lowest BCUT2D eigenvalue weighted by atomic mass is 10.0. The van der Waals surface area contributed by atoms with Gasteiger partial charge in [-0.05, 0) is 32.0 Å². The first kappa shape index (κ1) is 15.5. The van der Waals surface area contributed by atoms with E-state index in [0.717, 1.165) is 23.4 Å². The Bertz CT molecular complexity index is 419. The minimum absolute atomic E-state index is 0.00562. The molecule has 0 aliphatic carbocycles. The minimum atomic E-state index is -0.00562. The standard InChI is InChI=1S/C15H24N2O2/c1-5-17-12(3)13-7-6-11(2)10-14(13)19-9-8-15(18)16-4/h6-7,10,12,17H,5,8-9H2,1-4H3,(H,16,18). The van der Waals surface area contributed by atoms with Crippen molar-refractivity contribution in [3.63, 3.8) is 0 Å². The van der Waals surface area contributed by atoms with E-state index in [2.05, 4.69) is 36.6 Å². The van der Waals surface area contributed by atoms with Crippen LogP contribution in [0.15, 0.2) is 18.2 Å². The highest BCUT2D eigenvalue weighted by molar-refractivity contribution is 5.75. The molecule has 106 valence electrons. The van der Waals surface area contributed by atoms with Gasteiger partial charge in [0, 0.05) is 18.7 Å². The SMILES string of the molecule is CCNC(C)c1ccc(C)cc1OCCC(=O)NC. The molecule has 1 unspecified atom stereocenters. The fourth-order valence-electron chi connectivity index (χ4n) is 1.92. The molecular formula is C15H24N2O2. The maximum absolute atomic E-state index is 11.2. The number of ether oxygens (including phenoxy) is 1. The molecule has 0 fully saturated rings. The van der Waals surface area contributed by atoms with Crippen LogP contribution >= 0.6 is 0 Å². The number of aryl methyl sites for hydroxylation is 1. The lowest BCUT2D eigenvalue weighted by molar-refractivity contribution is -0.121. The van der Waals surface area contributed by atoms with Crippen molar-refractivity contribution in [2.24, 2.45) is 0 Å². The molecule has 19 heavy (non-hydrogen) atoms. The number of nitrogens with one attached hydrogen (secondary N) is 2. The third kappa shape index (κ3) is 4.91. The van der Waals surface area contributed by atoms with Crippen LogP contribution in [-0.2, 0) is 4.79 Å². The molecule has 1 rings (SSSR count). The molecule has 1 amide bonds. The average molecular weight is 264 g/mol. The summed E-state index contributed by atoms with van der Waals surface area (Å²) in [7, 11) is 1.63. The number of hydrogen-bond donors (Lipinski definition) is 2. The highest BCUT2D eigenvalue weighted by Crippen LogP contribution is 2.26. The third-order valence-corrected chi connectivity index (χ3v) is 3.01. The molecule has 4 heteroatoms. The minimum Gasteiger partial charge on any atom is -0.493 e. The monoisotopic (exact) mass is 264 g/mol. The maximum atomic E-state index is 11.2. The summed E-state index contributed by atoms with van der Waals surface area (Å²) >= 11 is 0. The first-order valence-electron chi connectivity index (χ1n) is 6.75. The van der Waals surface area contributed by atoms with Gasteiger partial charge >= 0.3 is 0 Å². The molecule has 2 N–H and O–H groups in total. The molecular weight excluding hydrogens is 240 g/mol. The van der Waals surface area contributed by atoms with Crippen LogP contribution in [0.5, 0.6) is 5.75 Å². The van der Waals surface area contributed by atoms with E-state index < -0.39 is 0 Å². The number of rotatable bonds is 7. The zero-order valence-corrected chi connectivity index (χ0v) is 12.2. The molecule has 1 atom stereocenters. The Hall–Kier alpha value is -1.55. The number of hydrogen-bond acceptors (Lipinski definition) is 3. The first-order chi connectivity index (χ1) is 9.08. The van der Waals surface area contributed by atoms with Gasteiger partial charge in [0.15, 0.2) is 0 Å². The molecule has 0 heterocycles. The van der Waals surface area contributed by atoms with Crippen LogP contribution in [0.2, 0.25) is 0 Å². The van der Waals surface area contributed by atoms with Gasteiger partial charge < -0.3 is 15.4 Å². The number of carbonyl (C=O) groups excluding carboxylic acids is 1. The van der Waals surface area contributed by atoms with E-state index in [1.54, 1.807) is 7.05 Å². The van der Waals surface area contributed by atoms with E-state index in [4.69, 9.17) is 4.74 Å². The van der Waals surface area contributed by atoms with Crippen molar-refractivity contribution in [2.45, 2.75) is 33.2 Å². The summed E-state index contributed by atoms with van der Waals surface area (Å²) in [6, 6.07) is 6.42. The molecule has 0 radical (unpaired) electrons. The van der Waals surface area contributed by atoms with E-state index in [9.17, 15) is 4.79 Å². The molecule has 1 aromatic carbocycles. The number of amides is 1. The van der Waals surface area contributed by atoms with E-state index in [-0.39, 0.29) is 11.9 Å². The lowest BCUT2D eigenvalue weighted by Crippen LogP contribution is -2.21. The van der Waals surface area contributed by atoms with Crippen LogP contribution in [0.1, 0.15) is 37.4 Å². The molecule has 4 nitrogen and oxygen atoms in total. The van der Waals surface area contributed by atoms with Gasteiger partial charge in [0.05, 0.1) is 13.0 Å². The molecule has 0 saturated heterocycles. The van der Waals surface area contributed by atoms with Crippen molar-refractivity contribution >= 4 is 5.91 Å². The Balaban J connectivity index is 2.73. The predicted molar refractivity (Wildman–Crippen MR) is 77.4 cm³/mol. The molecule has 1 aromatic rings. The van der Waals surface area contributed by atoms with Crippen molar-refractivity contribution in [3.8, 4) is 5.75 Å². The maximum Gasteiger partial charge on any atom is 0.223 e. The van der Waals surface area contributed by atoms with E-state index in [1.165, 1.54) is 0 Å². The molecule has 0 bridgehead atoms. The van der Waals surface area contributed by atoms with Gasteiger partial charge in [-0.15, -0.1) is 0 Å². The third-order valence-electron chi connectivity index (χ3n) is 3.01. The van der Waals surface area contributed by atoms with E-state index in [0.29, 0.717) is 13.0 Å². The second-order valence-corrected chi connectivity index (χ2v) is 4.59. The van der Waals surface area contributed by atoms with Crippen molar-refractivity contribution in [3.05, 3.63) is 29.3 Å². The molecule has 0 aliphatic heterocycles. The summed E-state index contributed by atoms with van der Waals surface area (Å²) in [6.45, 7) is 7.53. The van der Waals surface area contributed by atoms with Crippen molar-refractivity contribution in [1.82, 2.24) is 10.6 Å². The fraction of sp³-hybridized carbons (Fsp3) is 0.533. The second kappa shape index (κ2) is 7.79. The van der Waals surface area contributed by atoms with Crippen LogP contribution in [-0.4, -0.2) is 26.1 Å². The topological polar surface area (TPSA) is 50.4 Å². The summed E-state index contributed by atoms with van der Waals surface area (Å²) < 4.78 is 5.76. The Morgan fingerprint density at radius 3 is 2.79 bits per heavy atom. The molecule has 0 aliphatic rings. The zero-order valence-electron chi connectivity index (χ0n) is 12.2. The van der Waals surface area contributed by atoms with Crippen LogP contribution in [0.3, 0.4) is 0 Å². The van der Waals surface area contributed by atoms with Crippen LogP contribution < -0.4 is 15.4 Å². The fourth-order valence-corrected chi connectivity index (χ4v) is 1.92.